The smallest absolute Gasteiger partial charge is 0.256 e. The molecule has 0 radical (unpaired) electrons. The number of carbonyl (C=O) groups excluding carboxylic acids is 1. The second kappa shape index (κ2) is 8.39. The maximum absolute atomic E-state index is 13.1. The summed E-state index contributed by atoms with van der Waals surface area (Å²) in [6.45, 7) is 1.54. The van der Waals surface area contributed by atoms with Crippen LogP contribution in [0.15, 0.2) is 41.0 Å². The summed E-state index contributed by atoms with van der Waals surface area (Å²) in [5, 5.41) is 2.53. The molecule has 6 nitrogen and oxygen atoms in total. The van der Waals surface area contributed by atoms with Gasteiger partial charge in [0, 0.05) is 18.5 Å². The molecule has 0 saturated carbocycles. The lowest BCUT2D eigenvalue weighted by Crippen LogP contribution is -2.30. The van der Waals surface area contributed by atoms with Crippen LogP contribution < -0.4 is 10.1 Å². The number of halogens is 2. The van der Waals surface area contributed by atoms with Crippen LogP contribution >= 0.6 is 15.9 Å². The largest absolute Gasteiger partial charge is 0.437 e. The van der Waals surface area contributed by atoms with Gasteiger partial charge in [-0.05, 0) is 46.3 Å². The van der Waals surface area contributed by atoms with Crippen molar-refractivity contribution in [3.05, 3.63) is 52.4 Å². The lowest BCUT2D eigenvalue weighted by Gasteiger charge is -2.11. The Morgan fingerprint density at radius 3 is 2.80 bits per heavy atom. The molecule has 0 saturated heterocycles. The van der Waals surface area contributed by atoms with Crippen LogP contribution in [0, 0.1) is 5.82 Å². The molecule has 1 heterocycles. The highest BCUT2D eigenvalue weighted by atomic mass is 79.9. The third-order valence-electron chi connectivity index (χ3n) is 3.25. The van der Waals surface area contributed by atoms with Gasteiger partial charge in [-0.2, -0.15) is 0 Å². The summed E-state index contributed by atoms with van der Waals surface area (Å²) in [5.41, 5.74) is 0.146. The fourth-order valence-electron chi connectivity index (χ4n) is 1.87. The number of aromatic nitrogens is 1. The molecule has 0 unspecified atom stereocenters. The van der Waals surface area contributed by atoms with Gasteiger partial charge < -0.3 is 10.1 Å². The highest BCUT2D eigenvalue weighted by molar-refractivity contribution is 9.10. The van der Waals surface area contributed by atoms with Gasteiger partial charge in [0.25, 0.3) is 5.91 Å². The minimum Gasteiger partial charge on any atom is -0.437 e. The number of carbonyl (C=O) groups is 1. The summed E-state index contributed by atoms with van der Waals surface area (Å²) < 4.78 is 42.0. The minimum absolute atomic E-state index is 0.0103. The zero-order chi connectivity index (χ0) is 18.4. The molecule has 134 valence electrons. The van der Waals surface area contributed by atoms with E-state index in [1.807, 2.05) is 0 Å². The number of nitrogens with one attached hydrogen (secondary N) is 1. The molecule has 0 spiro atoms. The fourth-order valence-corrected chi connectivity index (χ4v) is 3.00. The molecule has 0 atom stereocenters. The number of nitrogens with zero attached hydrogens (tertiary/aromatic N) is 1. The van der Waals surface area contributed by atoms with Gasteiger partial charge >= 0.3 is 0 Å². The first kappa shape index (κ1) is 19.3. The highest BCUT2D eigenvalue weighted by Crippen LogP contribution is 2.30. The summed E-state index contributed by atoms with van der Waals surface area (Å²) in [6.07, 6.45) is 1.45. The van der Waals surface area contributed by atoms with E-state index in [0.717, 1.165) is 0 Å². The number of hydrogen-bond donors (Lipinski definition) is 1. The molecule has 9 heteroatoms. The number of ether oxygens (including phenoxy) is 1. The summed E-state index contributed by atoms with van der Waals surface area (Å²) in [4.78, 5) is 16.3. The van der Waals surface area contributed by atoms with E-state index in [4.69, 9.17) is 4.74 Å². The van der Waals surface area contributed by atoms with Crippen LogP contribution in [0.1, 0.15) is 17.3 Å². The average molecular weight is 431 g/mol. The molecule has 2 rings (SSSR count). The molecule has 0 aliphatic rings. The van der Waals surface area contributed by atoms with Crippen molar-refractivity contribution >= 4 is 31.7 Å². The van der Waals surface area contributed by atoms with Gasteiger partial charge in [-0.25, -0.2) is 17.8 Å². The van der Waals surface area contributed by atoms with Crippen LogP contribution in [0.5, 0.6) is 11.6 Å². The van der Waals surface area contributed by atoms with Crippen molar-refractivity contribution < 1.29 is 22.3 Å². The van der Waals surface area contributed by atoms with Crippen molar-refractivity contribution in [1.29, 1.82) is 0 Å². The van der Waals surface area contributed by atoms with Crippen LogP contribution in [0.2, 0.25) is 0 Å². The maximum Gasteiger partial charge on any atom is 0.256 e. The van der Waals surface area contributed by atoms with E-state index >= 15 is 0 Å². The average Bonchev–Trinajstić information content (AvgIpc) is 2.57. The van der Waals surface area contributed by atoms with Crippen LogP contribution in [0.25, 0.3) is 0 Å². The number of amides is 1. The first-order valence-electron chi connectivity index (χ1n) is 7.39. The molecule has 1 amide bonds. The topological polar surface area (TPSA) is 85.4 Å². The van der Waals surface area contributed by atoms with Gasteiger partial charge in [0.1, 0.15) is 17.1 Å². The molecule has 2 aromatic rings. The molecule has 0 aliphatic heterocycles. The Labute approximate surface area is 153 Å². The molecule has 25 heavy (non-hydrogen) atoms. The second-order valence-corrected chi connectivity index (χ2v) is 8.35. The Bertz CT molecular complexity index is 874. The molecular formula is C16H16BrFN2O4S. The molecule has 0 fully saturated rings. The fraction of sp³-hybridized carbons (Fsp3) is 0.250. The molecule has 1 N–H and O–H groups in total. The van der Waals surface area contributed by atoms with Crippen molar-refractivity contribution in [1.82, 2.24) is 10.3 Å². The zero-order valence-electron chi connectivity index (χ0n) is 13.3. The molecule has 0 bridgehead atoms. The van der Waals surface area contributed by atoms with Gasteiger partial charge in [-0.3, -0.25) is 4.79 Å². The van der Waals surface area contributed by atoms with E-state index in [1.165, 1.54) is 30.5 Å². The van der Waals surface area contributed by atoms with Crippen molar-refractivity contribution in [3.63, 3.8) is 0 Å². The first-order chi connectivity index (χ1) is 11.8. The minimum atomic E-state index is -3.17. The van der Waals surface area contributed by atoms with Gasteiger partial charge in [-0.1, -0.05) is 6.92 Å². The third kappa shape index (κ3) is 5.50. The van der Waals surface area contributed by atoms with Crippen LogP contribution in [-0.4, -0.2) is 37.4 Å². The summed E-state index contributed by atoms with van der Waals surface area (Å²) >= 11 is 3.18. The van der Waals surface area contributed by atoms with E-state index in [-0.39, 0.29) is 29.5 Å². The SMILES string of the molecule is CCS(=O)(=O)CCNC(=O)c1cccnc1Oc1ccc(F)cc1Br. The normalized spacial score (nSPS) is 11.2. The van der Waals surface area contributed by atoms with Crippen molar-refractivity contribution in [2.24, 2.45) is 0 Å². The Balaban J connectivity index is 2.13. The molecule has 0 aliphatic carbocycles. The molecular weight excluding hydrogens is 415 g/mol. The quantitative estimate of drug-likeness (QED) is 0.729. The Hall–Kier alpha value is -2.00. The molecule has 1 aromatic heterocycles. The first-order valence-corrected chi connectivity index (χ1v) is 10.0. The van der Waals surface area contributed by atoms with E-state index in [9.17, 15) is 17.6 Å². The highest BCUT2D eigenvalue weighted by Gasteiger charge is 2.16. The van der Waals surface area contributed by atoms with Crippen molar-refractivity contribution in [3.8, 4) is 11.6 Å². The van der Waals surface area contributed by atoms with E-state index in [2.05, 4.69) is 26.2 Å². The maximum atomic E-state index is 13.1. The molecule has 1 aromatic carbocycles. The van der Waals surface area contributed by atoms with Gasteiger partial charge in [-0.15, -0.1) is 0 Å². The zero-order valence-corrected chi connectivity index (χ0v) is 15.7. The van der Waals surface area contributed by atoms with E-state index in [1.54, 1.807) is 13.0 Å². The van der Waals surface area contributed by atoms with Crippen LogP contribution in [-0.2, 0) is 9.84 Å². The number of sulfone groups is 1. The number of benzene rings is 1. The number of pyridine rings is 1. The lowest BCUT2D eigenvalue weighted by atomic mass is 10.2. The third-order valence-corrected chi connectivity index (χ3v) is 5.58. The predicted octanol–water partition coefficient (Wildman–Crippen LogP) is 2.94. The standard InChI is InChI=1S/C16H16BrFN2O4S/c1-2-25(22,23)9-8-19-15(21)12-4-3-7-20-16(12)24-14-6-5-11(18)10-13(14)17/h3-7,10H,2,8-9H2,1H3,(H,19,21). The van der Waals surface area contributed by atoms with Gasteiger partial charge in [0.05, 0.1) is 10.2 Å². The van der Waals surface area contributed by atoms with Crippen molar-refractivity contribution in [2.75, 3.05) is 18.1 Å². The van der Waals surface area contributed by atoms with Crippen LogP contribution in [0.3, 0.4) is 0 Å². The van der Waals surface area contributed by atoms with Crippen LogP contribution in [0.4, 0.5) is 4.39 Å². The summed E-state index contributed by atoms with van der Waals surface area (Å²) in [6, 6.07) is 6.92. The Kier molecular flexibility index (Phi) is 6.49. The Morgan fingerprint density at radius 2 is 2.12 bits per heavy atom. The predicted molar refractivity (Wildman–Crippen MR) is 95.1 cm³/mol. The Morgan fingerprint density at radius 1 is 1.36 bits per heavy atom. The monoisotopic (exact) mass is 430 g/mol. The number of rotatable bonds is 7. The lowest BCUT2D eigenvalue weighted by molar-refractivity contribution is 0.0953. The summed E-state index contributed by atoms with van der Waals surface area (Å²) in [7, 11) is -3.17. The van der Waals surface area contributed by atoms with Gasteiger partial charge in [0.2, 0.25) is 5.88 Å². The van der Waals surface area contributed by atoms with E-state index in [0.29, 0.717) is 10.2 Å². The van der Waals surface area contributed by atoms with Crippen molar-refractivity contribution in [2.45, 2.75) is 6.92 Å². The van der Waals surface area contributed by atoms with Gasteiger partial charge in [0.15, 0.2) is 9.84 Å². The summed E-state index contributed by atoms with van der Waals surface area (Å²) in [5.74, 6) is -0.742. The van der Waals surface area contributed by atoms with E-state index < -0.39 is 21.6 Å². The second-order valence-electron chi connectivity index (χ2n) is 5.03. The number of hydrogen-bond acceptors (Lipinski definition) is 5.